The van der Waals surface area contributed by atoms with E-state index in [-0.39, 0.29) is 0 Å². The predicted octanol–water partition coefficient (Wildman–Crippen LogP) is 3.56. The Kier molecular flexibility index (Phi) is 3.68. The minimum atomic E-state index is 0.461. The van der Waals surface area contributed by atoms with Gasteiger partial charge in [-0.25, -0.2) is 0 Å². The van der Waals surface area contributed by atoms with E-state index in [1.54, 1.807) is 0 Å². The first-order chi connectivity index (χ1) is 9.05. The van der Waals surface area contributed by atoms with E-state index in [9.17, 15) is 0 Å². The molecule has 110 valence electrons. The van der Waals surface area contributed by atoms with E-state index in [2.05, 4.69) is 31.0 Å². The normalized spacial score (nSPS) is 34.4. The first-order valence-corrected chi connectivity index (χ1v) is 8.57. The van der Waals surface area contributed by atoms with E-state index in [0.717, 1.165) is 12.0 Å². The van der Waals surface area contributed by atoms with Gasteiger partial charge in [0.05, 0.1) is 0 Å². The lowest BCUT2D eigenvalue weighted by molar-refractivity contribution is -0.0692. The number of nitrogens with one attached hydrogen (secondary N) is 1. The zero-order valence-electron chi connectivity index (χ0n) is 13.2. The summed E-state index contributed by atoms with van der Waals surface area (Å²) in [5.74, 6) is 0.769. The minimum Gasteiger partial charge on any atom is -0.308 e. The van der Waals surface area contributed by atoms with Gasteiger partial charge < -0.3 is 5.32 Å². The second kappa shape index (κ2) is 5.04. The SMILES string of the molecule is CC(C)C1CNC2(CCCCC2)CN1C1(C)CCC1. The quantitative estimate of drug-likeness (QED) is 0.820. The van der Waals surface area contributed by atoms with Crippen LogP contribution in [0.1, 0.15) is 72.1 Å². The third-order valence-electron chi connectivity index (χ3n) is 6.26. The molecule has 0 aromatic heterocycles. The lowest BCUT2D eigenvalue weighted by Crippen LogP contribution is -2.71. The van der Waals surface area contributed by atoms with Gasteiger partial charge in [0.15, 0.2) is 0 Å². The first-order valence-electron chi connectivity index (χ1n) is 8.57. The van der Waals surface area contributed by atoms with E-state index < -0.39 is 0 Å². The molecule has 0 amide bonds. The second-order valence-electron chi connectivity index (χ2n) is 8.01. The molecule has 3 aliphatic rings. The van der Waals surface area contributed by atoms with Crippen LogP contribution in [0, 0.1) is 5.92 Å². The molecular formula is C17H32N2. The van der Waals surface area contributed by atoms with E-state index in [1.807, 2.05) is 0 Å². The fourth-order valence-corrected chi connectivity index (χ4v) is 4.66. The Morgan fingerprint density at radius 3 is 2.21 bits per heavy atom. The van der Waals surface area contributed by atoms with Gasteiger partial charge >= 0.3 is 0 Å². The van der Waals surface area contributed by atoms with Crippen LogP contribution in [0.5, 0.6) is 0 Å². The Labute approximate surface area is 119 Å². The van der Waals surface area contributed by atoms with Crippen LogP contribution < -0.4 is 5.32 Å². The van der Waals surface area contributed by atoms with Crippen molar-refractivity contribution in [2.45, 2.75) is 89.3 Å². The van der Waals surface area contributed by atoms with Crippen molar-refractivity contribution in [2.75, 3.05) is 13.1 Å². The lowest BCUT2D eigenvalue weighted by Gasteiger charge is -2.59. The van der Waals surface area contributed by atoms with Crippen molar-refractivity contribution in [2.24, 2.45) is 5.92 Å². The van der Waals surface area contributed by atoms with Crippen LogP contribution in [0.4, 0.5) is 0 Å². The third-order valence-corrected chi connectivity index (χ3v) is 6.26. The zero-order chi connectivity index (χ0) is 13.5. The Balaban J connectivity index is 1.78. The lowest BCUT2D eigenvalue weighted by atomic mass is 9.71. The third kappa shape index (κ3) is 2.47. The molecule has 1 aliphatic heterocycles. The van der Waals surface area contributed by atoms with Gasteiger partial charge in [-0.3, -0.25) is 4.90 Å². The van der Waals surface area contributed by atoms with Gasteiger partial charge in [-0.2, -0.15) is 0 Å². The summed E-state index contributed by atoms with van der Waals surface area (Å²) in [6.07, 6.45) is 11.4. The average molecular weight is 264 g/mol. The Bertz CT molecular complexity index is 313. The monoisotopic (exact) mass is 264 g/mol. The molecule has 1 spiro atoms. The Hall–Kier alpha value is -0.0800. The van der Waals surface area contributed by atoms with Crippen molar-refractivity contribution in [3.8, 4) is 0 Å². The number of hydrogen-bond donors (Lipinski definition) is 1. The van der Waals surface area contributed by atoms with Crippen molar-refractivity contribution >= 4 is 0 Å². The molecule has 1 unspecified atom stereocenters. The summed E-state index contributed by atoms with van der Waals surface area (Å²) in [7, 11) is 0. The smallest absolute Gasteiger partial charge is 0.0309 e. The zero-order valence-corrected chi connectivity index (χ0v) is 13.2. The number of nitrogens with zero attached hydrogens (tertiary/aromatic N) is 1. The molecule has 3 rings (SSSR count). The maximum Gasteiger partial charge on any atom is 0.0309 e. The molecule has 19 heavy (non-hydrogen) atoms. The van der Waals surface area contributed by atoms with Crippen LogP contribution >= 0.6 is 0 Å². The van der Waals surface area contributed by atoms with Gasteiger partial charge in [-0.05, 0) is 44.9 Å². The molecule has 2 heteroatoms. The molecule has 2 saturated carbocycles. The van der Waals surface area contributed by atoms with Crippen molar-refractivity contribution < 1.29 is 0 Å². The summed E-state index contributed by atoms with van der Waals surface area (Å²) in [4.78, 5) is 2.92. The predicted molar refractivity (Wildman–Crippen MR) is 81.4 cm³/mol. The molecule has 2 nitrogen and oxygen atoms in total. The second-order valence-corrected chi connectivity index (χ2v) is 8.01. The summed E-state index contributed by atoms with van der Waals surface area (Å²) in [6, 6.07) is 0.748. The Morgan fingerprint density at radius 1 is 1.00 bits per heavy atom. The fourth-order valence-electron chi connectivity index (χ4n) is 4.66. The van der Waals surface area contributed by atoms with Crippen molar-refractivity contribution in [3.05, 3.63) is 0 Å². The highest BCUT2D eigenvalue weighted by molar-refractivity contribution is 5.07. The largest absolute Gasteiger partial charge is 0.308 e. The van der Waals surface area contributed by atoms with Crippen molar-refractivity contribution in [1.29, 1.82) is 0 Å². The van der Waals surface area contributed by atoms with E-state index >= 15 is 0 Å². The molecule has 1 heterocycles. The summed E-state index contributed by atoms with van der Waals surface area (Å²) >= 11 is 0. The standard InChI is InChI=1S/C17H32N2/c1-14(2)15-12-18-17(10-5-4-6-11-17)13-19(15)16(3)8-7-9-16/h14-15,18H,4-13H2,1-3H3. The van der Waals surface area contributed by atoms with Gasteiger partial charge in [0, 0.05) is 30.2 Å². The molecule has 2 aliphatic carbocycles. The minimum absolute atomic E-state index is 0.461. The van der Waals surface area contributed by atoms with Gasteiger partial charge in [0.25, 0.3) is 0 Å². The van der Waals surface area contributed by atoms with E-state index in [4.69, 9.17) is 0 Å². The molecule has 0 bridgehead atoms. The maximum absolute atomic E-state index is 3.97. The molecule has 0 radical (unpaired) electrons. The van der Waals surface area contributed by atoms with E-state index in [1.165, 1.54) is 64.5 Å². The van der Waals surface area contributed by atoms with Gasteiger partial charge in [0.1, 0.15) is 0 Å². The summed E-state index contributed by atoms with van der Waals surface area (Å²) in [6.45, 7) is 9.85. The van der Waals surface area contributed by atoms with Crippen molar-refractivity contribution in [1.82, 2.24) is 10.2 Å². The summed E-state index contributed by atoms with van der Waals surface area (Å²) in [5, 5.41) is 3.97. The van der Waals surface area contributed by atoms with Gasteiger partial charge in [0.2, 0.25) is 0 Å². The molecule has 1 saturated heterocycles. The molecule has 1 atom stereocenters. The fraction of sp³-hybridized carbons (Fsp3) is 1.00. The van der Waals surface area contributed by atoms with Gasteiger partial charge in [-0.1, -0.05) is 33.1 Å². The Morgan fingerprint density at radius 2 is 1.68 bits per heavy atom. The van der Waals surface area contributed by atoms with Crippen molar-refractivity contribution in [3.63, 3.8) is 0 Å². The topological polar surface area (TPSA) is 15.3 Å². The molecule has 1 N–H and O–H groups in total. The summed E-state index contributed by atoms with van der Waals surface area (Å²) < 4.78 is 0. The molecular weight excluding hydrogens is 232 g/mol. The van der Waals surface area contributed by atoms with Crippen LogP contribution in [-0.2, 0) is 0 Å². The number of hydrogen-bond acceptors (Lipinski definition) is 2. The first kappa shape index (κ1) is 13.9. The van der Waals surface area contributed by atoms with E-state index in [0.29, 0.717) is 11.1 Å². The van der Waals surface area contributed by atoms with Crippen LogP contribution in [0.3, 0.4) is 0 Å². The van der Waals surface area contributed by atoms with Crippen LogP contribution in [-0.4, -0.2) is 35.1 Å². The highest BCUT2D eigenvalue weighted by Gasteiger charge is 2.48. The van der Waals surface area contributed by atoms with Crippen LogP contribution in [0.25, 0.3) is 0 Å². The molecule has 0 aromatic rings. The van der Waals surface area contributed by atoms with Crippen LogP contribution in [0.15, 0.2) is 0 Å². The molecule has 3 fully saturated rings. The summed E-state index contributed by atoms with van der Waals surface area (Å²) in [5.41, 5.74) is 0.976. The average Bonchev–Trinajstić information content (AvgIpc) is 2.36. The maximum atomic E-state index is 3.97. The van der Waals surface area contributed by atoms with Gasteiger partial charge in [-0.15, -0.1) is 0 Å². The highest BCUT2D eigenvalue weighted by Crippen LogP contribution is 2.43. The molecule has 0 aromatic carbocycles. The number of piperazine rings is 1. The highest BCUT2D eigenvalue weighted by atomic mass is 15.3. The van der Waals surface area contributed by atoms with Crippen LogP contribution in [0.2, 0.25) is 0 Å². The number of rotatable bonds is 2.